The molecule has 0 aliphatic carbocycles. The van der Waals surface area contributed by atoms with Crippen LogP contribution in [-0.2, 0) is 0 Å². The van der Waals surface area contributed by atoms with E-state index in [4.69, 9.17) is 11.6 Å². The van der Waals surface area contributed by atoms with Gasteiger partial charge in [-0.3, -0.25) is 4.79 Å². The predicted octanol–water partition coefficient (Wildman–Crippen LogP) is 4.64. The van der Waals surface area contributed by atoms with Crippen molar-refractivity contribution < 1.29 is 4.79 Å². The Hall–Kier alpha value is -0.600. The number of halogens is 2. The first-order chi connectivity index (χ1) is 7.15. The Kier molecular flexibility index (Phi) is 5.06. The molecule has 0 atom stereocenters. The van der Waals surface area contributed by atoms with Crippen molar-refractivity contribution in [1.29, 1.82) is 0 Å². The van der Waals surface area contributed by atoms with Gasteiger partial charge in [0.15, 0.2) is 5.78 Å². The molecule has 0 aromatic heterocycles. The van der Waals surface area contributed by atoms with Crippen LogP contribution >= 0.6 is 27.5 Å². The minimum Gasteiger partial charge on any atom is -0.294 e. The molecule has 0 saturated carbocycles. The van der Waals surface area contributed by atoms with E-state index in [0.29, 0.717) is 17.0 Å². The number of rotatable bonds is 5. The van der Waals surface area contributed by atoms with Gasteiger partial charge in [0, 0.05) is 21.5 Å². The lowest BCUT2D eigenvalue weighted by atomic mass is 10.1. The molecule has 0 aliphatic heterocycles. The third-order valence-electron chi connectivity index (χ3n) is 2.04. The first-order valence-electron chi connectivity index (χ1n) is 4.74. The van der Waals surface area contributed by atoms with Crippen molar-refractivity contribution >= 4 is 33.3 Å². The van der Waals surface area contributed by atoms with Gasteiger partial charge in [-0.2, -0.15) is 0 Å². The van der Waals surface area contributed by atoms with Gasteiger partial charge in [0.2, 0.25) is 0 Å². The van der Waals surface area contributed by atoms with E-state index in [1.54, 1.807) is 18.2 Å². The third-order valence-corrected chi connectivity index (χ3v) is 2.97. The SMILES string of the molecule is C=CCCCC(=O)c1cc(Cl)ccc1Br. The number of ketones is 1. The zero-order chi connectivity index (χ0) is 11.3. The molecule has 80 valence electrons. The highest BCUT2D eigenvalue weighted by molar-refractivity contribution is 9.10. The maximum atomic E-state index is 11.8. The maximum absolute atomic E-state index is 11.8. The summed E-state index contributed by atoms with van der Waals surface area (Å²) in [5, 5.41) is 0.588. The Morgan fingerprint density at radius 1 is 1.53 bits per heavy atom. The fourth-order valence-electron chi connectivity index (χ4n) is 1.25. The summed E-state index contributed by atoms with van der Waals surface area (Å²) < 4.78 is 0.801. The largest absolute Gasteiger partial charge is 0.294 e. The molecule has 0 heterocycles. The standard InChI is InChI=1S/C12H12BrClO/c1-2-3-4-5-12(15)10-8-9(14)6-7-11(10)13/h2,6-8H,1,3-5H2. The third kappa shape index (κ3) is 3.80. The van der Waals surface area contributed by atoms with E-state index in [-0.39, 0.29) is 5.78 Å². The number of carbonyl (C=O) groups excluding carboxylic acids is 1. The van der Waals surface area contributed by atoms with Gasteiger partial charge in [-0.25, -0.2) is 0 Å². The molecule has 0 spiro atoms. The Morgan fingerprint density at radius 3 is 2.93 bits per heavy atom. The van der Waals surface area contributed by atoms with E-state index >= 15 is 0 Å². The average Bonchev–Trinajstić information content (AvgIpc) is 2.22. The zero-order valence-corrected chi connectivity index (χ0v) is 10.6. The van der Waals surface area contributed by atoms with Crippen LogP contribution in [0.1, 0.15) is 29.6 Å². The molecule has 3 heteroatoms. The fourth-order valence-corrected chi connectivity index (χ4v) is 1.89. The molecule has 1 rings (SSSR count). The van der Waals surface area contributed by atoms with Crippen LogP contribution in [0.25, 0.3) is 0 Å². The maximum Gasteiger partial charge on any atom is 0.164 e. The van der Waals surface area contributed by atoms with Crippen LogP contribution in [0.3, 0.4) is 0 Å². The van der Waals surface area contributed by atoms with E-state index in [1.807, 2.05) is 6.08 Å². The van der Waals surface area contributed by atoms with E-state index in [0.717, 1.165) is 17.3 Å². The van der Waals surface area contributed by atoms with Crippen LogP contribution in [0.4, 0.5) is 0 Å². The smallest absolute Gasteiger partial charge is 0.164 e. The van der Waals surface area contributed by atoms with Crippen LogP contribution in [-0.4, -0.2) is 5.78 Å². The molecule has 1 aromatic carbocycles. The average molecular weight is 288 g/mol. The van der Waals surface area contributed by atoms with Crippen molar-refractivity contribution in [1.82, 2.24) is 0 Å². The zero-order valence-electron chi connectivity index (χ0n) is 8.30. The molecular formula is C12H12BrClO. The number of allylic oxidation sites excluding steroid dienone is 1. The van der Waals surface area contributed by atoms with E-state index in [9.17, 15) is 4.79 Å². The summed E-state index contributed by atoms with van der Waals surface area (Å²) in [5.74, 6) is 0.117. The Morgan fingerprint density at radius 2 is 2.27 bits per heavy atom. The molecule has 15 heavy (non-hydrogen) atoms. The molecule has 0 unspecified atom stereocenters. The van der Waals surface area contributed by atoms with Crippen LogP contribution in [0, 0.1) is 0 Å². The number of unbranched alkanes of at least 4 members (excludes halogenated alkanes) is 1. The summed E-state index contributed by atoms with van der Waals surface area (Å²) in [5.41, 5.74) is 0.659. The summed E-state index contributed by atoms with van der Waals surface area (Å²) in [7, 11) is 0. The summed E-state index contributed by atoms with van der Waals surface area (Å²) in [6, 6.07) is 5.25. The van der Waals surface area contributed by atoms with Crippen molar-refractivity contribution in [3.05, 3.63) is 45.9 Å². The quantitative estimate of drug-likeness (QED) is 0.438. The fraction of sp³-hybridized carbons (Fsp3) is 0.250. The highest BCUT2D eigenvalue weighted by Crippen LogP contribution is 2.23. The van der Waals surface area contributed by atoms with Crippen LogP contribution < -0.4 is 0 Å². The molecule has 0 aliphatic rings. The number of Topliss-reactive ketones (excluding diaryl/α,β-unsaturated/α-hetero) is 1. The lowest BCUT2D eigenvalue weighted by Crippen LogP contribution is -1.99. The topological polar surface area (TPSA) is 17.1 Å². The molecule has 1 nitrogen and oxygen atoms in total. The molecule has 0 radical (unpaired) electrons. The highest BCUT2D eigenvalue weighted by atomic mass is 79.9. The van der Waals surface area contributed by atoms with Crippen molar-refractivity contribution in [2.75, 3.05) is 0 Å². The van der Waals surface area contributed by atoms with Crippen LogP contribution in [0.15, 0.2) is 35.3 Å². The van der Waals surface area contributed by atoms with Gasteiger partial charge in [-0.15, -0.1) is 6.58 Å². The van der Waals surface area contributed by atoms with Gasteiger partial charge in [-0.1, -0.05) is 33.6 Å². The second kappa shape index (κ2) is 6.09. The molecule has 0 fully saturated rings. The van der Waals surface area contributed by atoms with Gasteiger partial charge in [-0.05, 0) is 31.0 Å². The van der Waals surface area contributed by atoms with E-state index < -0.39 is 0 Å². The monoisotopic (exact) mass is 286 g/mol. The minimum absolute atomic E-state index is 0.117. The summed E-state index contributed by atoms with van der Waals surface area (Å²) in [6.07, 6.45) is 4.05. The lowest BCUT2D eigenvalue weighted by Gasteiger charge is -2.03. The van der Waals surface area contributed by atoms with Crippen LogP contribution in [0.2, 0.25) is 5.02 Å². The van der Waals surface area contributed by atoms with Gasteiger partial charge in [0.1, 0.15) is 0 Å². The van der Waals surface area contributed by atoms with Gasteiger partial charge in [0.25, 0.3) is 0 Å². The van der Waals surface area contributed by atoms with E-state index in [2.05, 4.69) is 22.5 Å². The first kappa shape index (κ1) is 12.5. The molecule has 0 N–H and O–H groups in total. The highest BCUT2D eigenvalue weighted by Gasteiger charge is 2.09. The Bertz CT molecular complexity index is 374. The molecule has 0 bridgehead atoms. The van der Waals surface area contributed by atoms with Crippen molar-refractivity contribution in [3.63, 3.8) is 0 Å². The first-order valence-corrected chi connectivity index (χ1v) is 5.91. The van der Waals surface area contributed by atoms with Gasteiger partial charge >= 0.3 is 0 Å². The predicted molar refractivity (Wildman–Crippen MR) is 67.5 cm³/mol. The molecule has 1 aromatic rings. The summed E-state index contributed by atoms with van der Waals surface area (Å²) >= 11 is 9.17. The van der Waals surface area contributed by atoms with Gasteiger partial charge < -0.3 is 0 Å². The molecular weight excluding hydrogens is 275 g/mol. The van der Waals surface area contributed by atoms with Gasteiger partial charge in [0.05, 0.1) is 0 Å². The van der Waals surface area contributed by atoms with Crippen LogP contribution in [0.5, 0.6) is 0 Å². The second-order valence-electron chi connectivity index (χ2n) is 3.23. The lowest BCUT2D eigenvalue weighted by molar-refractivity contribution is 0.0979. The second-order valence-corrected chi connectivity index (χ2v) is 4.52. The number of hydrogen-bond acceptors (Lipinski definition) is 1. The van der Waals surface area contributed by atoms with Crippen molar-refractivity contribution in [2.45, 2.75) is 19.3 Å². The Balaban J connectivity index is 2.72. The summed E-state index contributed by atoms with van der Waals surface area (Å²) in [4.78, 5) is 11.8. The summed E-state index contributed by atoms with van der Waals surface area (Å²) in [6.45, 7) is 3.62. The molecule has 0 amide bonds. The molecule has 0 saturated heterocycles. The number of hydrogen-bond donors (Lipinski definition) is 0. The Labute approximate surface area is 103 Å². The van der Waals surface area contributed by atoms with E-state index in [1.165, 1.54) is 0 Å². The van der Waals surface area contributed by atoms with Crippen molar-refractivity contribution in [2.24, 2.45) is 0 Å². The number of carbonyl (C=O) groups is 1. The normalized spacial score (nSPS) is 10.0. The number of benzene rings is 1. The van der Waals surface area contributed by atoms with Crippen molar-refractivity contribution in [3.8, 4) is 0 Å². The minimum atomic E-state index is 0.117.